The Kier molecular flexibility index (Phi) is 9.33. The van der Waals surface area contributed by atoms with Crippen molar-refractivity contribution in [2.75, 3.05) is 0 Å². The largest absolute Gasteiger partial charge is 0.481 e. The third kappa shape index (κ3) is 7.30. The van der Waals surface area contributed by atoms with Gasteiger partial charge in [0.25, 0.3) is 0 Å². The number of carboxylic acid groups (broad SMARTS) is 2. The SMILES string of the molecule is CCCCCC(CC)C(CCCC(=O)O)C(=O)O. The van der Waals surface area contributed by atoms with E-state index in [1.807, 2.05) is 6.92 Å². The normalized spacial score (nSPS) is 14.1. The van der Waals surface area contributed by atoms with Gasteiger partial charge in [-0.25, -0.2) is 0 Å². The van der Waals surface area contributed by atoms with E-state index in [0.29, 0.717) is 12.8 Å². The summed E-state index contributed by atoms with van der Waals surface area (Å²) in [7, 11) is 0. The number of carboxylic acids is 2. The van der Waals surface area contributed by atoms with E-state index in [2.05, 4.69) is 6.92 Å². The van der Waals surface area contributed by atoms with Crippen LogP contribution in [0.25, 0.3) is 0 Å². The summed E-state index contributed by atoms with van der Waals surface area (Å²) >= 11 is 0. The smallest absolute Gasteiger partial charge is 0.306 e. The van der Waals surface area contributed by atoms with Crippen LogP contribution in [0.5, 0.6) is 0 Å². The fraction of sp³-hybridized carbons (Fsp3) is 0.857. The second-order valence-electron chi connectivity index (χ2n) is 4.89. The lowest BCUT2D eigenvalue weighted by Gasteiger charge is -2.22. The maximum atomic E-state index is 11.3. The lowest BCUT2D eigenvalue weighted by Crippen LogP contribution is -2.23. The first-order valence-electron chi connectivity index (χ1n) is 6.97. The Bertz CT molecular complexity index is 250. The monoisotopic (exact) mass is 258 g/mol. The zero-order valence-corrected chi connectivity index (χ0v) is 11.5. The van der Waals surface area contributed by atoms with Gasteiger partial charge in [0.2, 0.25) is 0 Å². The van der Waals surface area contributed by atoms with Crippen molar-refractivity contribution >= 4 is 11.9 Å². The Hall–Kier alpha value is -1.06. The van der Waals surface area contributed by atoms with Gasteiger partial charge in [0.15, 0.2) is 0 Å². The van der Waals surface area contributed by atoms with Crippen molar-refractivity contribution in [3.8, 4) is 0 Å². The van der Waals surface area contributed by atoms with E-state index in [1.165, 1.54) is 0 Å². The molecule has 4 nitrogen and oxygen atoms in total. The summed E-state index contributed by atoms with van der Waals surface area (Å²) in [5.41, 5.74) is 0. The summed E-state index contributed by atoms with van der Waals surface area (Å²) in [4.78, 5) is 21.7. The van der Waals surface area contributed by atoms with Gasteiger partial charge in [-0.2, -0.15) is 0 Å². The van der Waals surface area contributed by atoms with Crippen molar-refractivity contribution < 1.29 is 19.8 Å². The number of hydrogen-bond acceptors (Lipinski definition) is 2. The molecule has 2 N–H and O–H groups in total. The molecule has 0 aromatic heterocycles. The fourth-order valence-electron chi connectivity index (χ4n) is 2.38. The summed E-state index contributed by atoms with van der Waals surface area (Å²) in [6.07, 6.45) is 6.13. The molecule has 0 bridgehead atoms. The first-order valence-corrected chi connectivity index (χ1v) is 6.97. The van der Waals surface area contributed by atoms with Crippen LogP contribution in [-0.4, -0.2) is 22.2 Å². The molecule has 2 unspecified atom stereocenters. The van der Waals surface area contributed by atoms with Crippen molar-refractivity contribution in [1.82, 2.24) is 0 Å². The van der Waals surface area contributed by atoms with Crippen LogP contribution in [-0.2, 0) is 9.59 Å². The van der Waals surface area contributed by atoms with Gasteiger partial charge in [-0.3, -0.25) is 9.59 Å². The number of aliphatic carboxylic acids is 2. The molecule has 0 heterocycles. The van der Waals surface area contributed by atoms with Crippen molar-refractivity contribution in [1.29, 1.82) is 0 Å². The summed E-state index contributed by atoms with van der Waals surface area (Å²) in [5, 5.41) is 17.8. The van der Waals surface area contributed by atoms with Gasteiger partial charge < -0.3 is 10.2 Å². The average Bonchev–Trinajstić information content (AvgIpc) is 2.31. The van der Waals surface area contributed by atoms with Gasteiger partial charge in [0.1, 0.15) is 0 Å². The molecule has 0 rings (SSSR count). The van der Waals surface area contributed by atoms with Gasteiger partial charge in [-0.15, -0.1) is 0 Å². The molecule has 0 aromatic carbocycles. The van der Waals surface area contributed by atoms with Gasteiger partial charge in [-0.05, 0) is 25.2 Å². The summed E-state index contributed by atoms with van der Waals surface area (Å²) < 4.78 is 0. The molecular weight excluding hydrogens is 232 g/mol. The topological polar surface area (TPSA) is 74.6 Å². The summed E-state index contributed by atoms with van der Waals surface area (Å²) in [6, 6.07) is 0. The van der Waals surface area contributed by atoms with E-state index in [1.54, 1.807) is 0 Å². The number of carbonyl (C=O) groups is 2. The summed E-state index contributed by atoms with van der Waals surface area (Å²) in [5.74, 6) is -1.82. The average molecular weight is 258 g/mol. The highest BCUT2D eigenvalue weighted by Crippen LogP contribution is 2.27. The predicted molar refractivity (Wildman–Crippen MR) is 70.5 cm³/mol. The standard InChI is InChI=1S/C14H26O4/c1-3-5-6-8-11(4-2)12(14(17)18)9-7-10-13(15)16/h11-12H,3-10H2,1-2H3,(H,15,16)(H,17,18). The Morgan fingerprint density at radius 1 is 1.00 bits per heavy atom. The third-order valence-electron chi connectivity index (χ3n) is 3.49. The van der Waals surface area contributed by atoms with Crippen molar-refractivity contribution in [2.24, 2.45) is 11.8 Å². The summed E-state index contributed by atoms with van der Waals surface area (Å²) in [6.45, 7) is 4.15. The number of hydrogen-bond donors (Lipinski definition) is 2. The molecule has 4 heteroatoms. The van der Waals surface area contributed by atoms with Crippen LogP contribution >= 0.6 is 0 Å². The Labute approximate surface area is 109 Å². The molecule has 0 radical (unpaired) electrons. The van der Waals surface area contributed by atoms with Crippen LogP contribution < -0.4 is 0 Å². The van der Waals surface area contributed by atoms with Gasteiger partial charge in [-0.1, -0.05) is 39.5 Å². The van der Waals surface area contributed by atoms with Gasteiger partial charge in [0, 0.05) is 6.42 Å². The first-order chi connectivity index (χ1) is 8.52. The lowest BCUT2D eigenvalue weighted by atomic mass is 9.82. The highest BCUT2D eigenvalue weighted by atomic mass is 16.4. The van der Waals surface area contributed by atoms with E-state index < -0.39 is 11.9 Å². The zero-order chi connectivity index (χ0) is 14.0. The maximum absolute atomic E-state index is 11.3. The Balaban J connectivity index is 4.25. The van der Waals surface area contributed by atoms with E-state index in [9.17, 15) is 14.7 Å². The van der Waals surface area contributed by atoms with Crippen LogP contribution in [0.4, 0.5) is 0 Å². The fourth-order valence-corrected chi connectivity index (χ4v) is 2.38. The third-order valence-corrected chi connectivity index (χ3v) is 3.49. The van der Waals surface area contributed by atoms with E-state index in [-0.39, 0.29) is 18.3 Å². The molecule has 0 amide bonds. The molecule has 0 aliphatic rings. The minimum atomic E-state index is -0.849. The van der Waals surface area contributed by atoms with Crippen molar-refractivity contribution in [2.45, 2.75) is 65.2 Å². The zero-order valence-electron chi connectivity index (χ0n) is 11.5. The maximum Gasteiger partial charge on any atom is 0.306 e. The molecule has 0 spiro atoms. The van der Waals surface area contributed by atoms with Crippen LogP contribution in [0.3, 0.4) is 0 Å². The van der Waals surface area contributed by atoms with Crippen LogP contribution in [0.15, 0.2) is 0 Å². The highest BCUT2D eigenvalue weighted by molar-refractivity contribution is 5.70. The Morgan fingerprint density at radius 2 is 1.67 bits per heavy atom. The molecule has 0 saturated heterocycles. The van der Waals surface area contributed by atoms with E-state index >= 15 is 0 Å². The minimum Gasteiger partial charge on any atom is -0.481 e. The predicted octanol–water partition coefficient (Wildman–Crippen LogP) is 3.55. The van der Waals surface area contributed by atoms with Crippen LogP contribution in [0.2, 0.25) is 0 Å². The van der Waals surface area contributed by atoms with Crippen LogP contribution in [0.1, 0.15) is 65.2 Å². The Morgan fingerprint density at radius 3 is 2.11 bits per heavy atom. The van der Waals surface area contributed by atoms with Gasteiger partial charge >= 0.3 is 11.9 Å². The molecule has 18 heavy (non-hydrogen) atoms. The molecule has 0 aromatic rings. The highest BCUT2D eigenvalue weighted by Gasteiger charge is 2.26. The molecule has 0 aliphatic carbocycles. The quantitative estimate of drug-likeness (QED) is 0.556. The molecule has 106 valence electrons. The number of rotatable bonds is 11. The molecule has 0 fully saturated rings. The van der Waals surface area contributed by atoms with Gasteiger partial charge in [0.05, 0.1) is 5.92 Å². The van der Waals surface area contributed by atoms with Crippen molar-refractivity contribution in [3.05, 3.63) is 0 Å². The van der Waals surface area contributed by atoms with E-state index in [4.69, 9.17) is 5.11 Å². The van der Waals surface area contributed by atoms with Crippen LogP contribution in [0, 0.1) is 11.8 Å². The first kappa shape index (κ1) is 16.9. The second kappa shape index (κ2) is 9.92. The number of unbranched alkanes of at least 4 members (excludes halogenated alkanes) is 2. The molecule has 0 saturated carbocycles. The van der Waals surface area contributed by atoms with Crippen molar-refractivity contribution in [3.63, 3.8) is 0 Å². The minimum absolute atomic E-state index is 0.0647. The second-order valence-corrected chi connectivity index (χ2v) is 4.89. The lowest BCUT2D eigenvalue weighted by molar-refractivity contribution is -0.145. The van der Waals surface area contributed by atoms with E-state index in [0.717, 1.165) is 32.1 Å². The molecule has 0 aliphatic heterocycles. The molecule has 2 atom stereocenters. The molecular formula is C14H26O4.